The number of nitro groups is 1. The van der Waals surface area contributed by atoms with E-state index in [0.29, 0.717) is 12.1 Å². The Morgan fingerprint density at radius 2 is 1.60 bits per heavy atom. The second kappa shape index (κ2) is 11.4. The van der Waals surface area contributed by atoms with Crippen LogP contribution in [0.15, 0.2) is 127 Å². The van der Waals surface area contributed by atoms with Crippen molar-refractivity contribution in [2.75, 3.05) is 0 Å². The Morgan fingerprint density at radius 1 is 0.881 bits per heavy atom. The van der Waals surface area contributed by atoms with E-state index < -0.39 is 4.92 Å². The highest BCUT2D eigenvalue weighted by Crippen LogP contribution is 2.27. The van der Waals surface area contributed by atoms with Gasteiger partial charge in [-0.15, -0.1) is 0 Å². The number of nitrogens with one attached hydrogen (secondary N) is 1. The molecule has 1 amide bonds. The van der Waals surface area contributed by atoms with Gasteiger partial charge < -0.3 is 9.13 Å². The van der Waals surface area contributed by atoms with E-state index in [4.69, 9.17) is 0 Å². The summed E-state index contributed by atoms with van der Waals surface area (Å²) in [4.78, 5) is 23.5. The Hall–Kier alpha value is -5.76. The maximum atomic E-state index is 12.9. The number of rotatable bonds is 8. The fourth-order valence-corrected chi connectivity index (χ4v) is 5.13. The summed E-state index contributed by atoms with van der Waals surface area (Å²) in [5.74, 6) is -0.306. The second-order valence-corrected chi connectivity index (χ2v) is 9.96. The van der Waals surface area contributed by atoms with Gasteiger partial charge in [-0.3, -0.25) is 14.9 Å². The van der Waals surface area contributed by atoms with Crippen LogP contribution >= 0.6 is 0 Å². The van der Waals surface area contributed by atoms with Gasteiger partial charge in [-0.05, 0) is 60.5 Å². The Morgan fingerprint density at radius 3 is 2.33 bits per heavy atom. The van der Waals surface area contributed by atoms with Gasteiger partial charge in [0.05, 0.1) is 16.8 Å². The SMILES string of the molecule is Cc1ccc(-c2ccccc2)n1-c1ccc(C(=O)N/N=C/c2cn(Cc3ccc([N+](=O)[O-])cc3)c3ccccc23)cc1. The van der Waals surface area contributed by atoms with Crippen LogP contribution in [0, 0.1) is 17.0 Å². The molecule has 2 heterocycles. The fraction of sp³-hybridized carbons (Fsp3) is 0.0588. The molecule has 42 heavy (non-hydrogen) atoms. The summed E-state index contributed by atoms with van der Waals surface area (Å²) < 4.78 is 4.23. The fourth-order valence-electron chi connectivity index (χ4n) is 5.13. The summed E-state index contributed by atoms with van der Waals surface area (Å²) in [6.45, 7) is 2.60. The molecule has 4 aromatic carbocycles. The van der Waals surface area contributed by atoms with Crippen LogP contribution in [0.3, 0.4) is 0 Å². The third kappa shape index (κ3) is 5.33. The normalized spacial score (nSPS) is 11.3. The summed E-state index contributed by atoms with van der Waals surface area (Å²) in [5, 5.41) is 16.2. The number of aryl methyl sites for hydroxylation is 1. The number of amides is 1. The highest BCUT2D eigenvalue weighted by Gasteiger charge is 2.12. The summed E-state index contributed by atoms with van der Waals surface area (Å²) in [6, 6.07) is 36.3. The maximum Gasteiger partial charge on any atom is 0.271 e. The molecule has 0 atom stereocenters. The minimum atomic E-state index is -0.406. The smallest absolute Gasteiger partial charge is 0.271 e. The molecule has 0 aliphatic rings. The lowest BCUT2D eigenvalue weighted by Crippen LogP contribution is -2.17. The third-order valence-corrected chi connectivity index (χ3v) is 7.22. The summed E-state index contributed by atoms with van der Waals surface area (Å²) in [6.07, 6.45) is 3.59. The van der Waals surface area contributed by atoms with E-state index in [1.165, 1.54) is 12.1 Å². The second-order valence-electron chi connectivity index (χ2n) is 9.96. The Balaban J connectivity index is 1.17. The van der Waals surface area contributed by atoms with Crippen molar-refractivity contribution >= 4 is 28.7 Å². The molecular formula is C34H27N5O3. The molecule has 0 aliphatic heterocycles. The number of para-hydroxylation sites is 1. The van der Waals surface area contributed by atoms with Crippen molar-refractivity contribution in [2.24, 2.45) is 5.10 Å². The molecule has 6 rings (SSSR count). The quantitative estimate of drug-likeness (QED) is 0.123. The number of hydrogen-bond acceptors (Lipinski definition) is 4. The van der Waals surface area contributed by atoms with E-state index in [9.17, 15) is 14.9 Å². The zero-order valence-electron chi connectivity index (χ0n) is 22.8. The molecule has 0 fully saturated rings. The number of carbonyl (C=O) groups excluding carboxylic acids is 1. The summed E-state index contributed by atoms with van der Waals surface area (Å²) in [5.41, 5.74) is 10.3. The number of benzene rings is 4. The van der Waals surface area contributed by atoms with E-state index in [2.05, 4.69) is 50.9 Å². The van der Waals surface area contributed by atoms with Crippen molar-refractivity contribution in [1.29, 1.82) is 0 Å². The first kappa shape index (κ1) is 26.5. The van der Waals surface area contributed by atoms with Gasteiger partial charge in [-0.1, -0.05) is 60.7 Å². The highest BCUT2D eigenvalue weighted by atomic mass is 16.6. The third-order valence-electron chi connectivity index (χ3n) is 7.22. The molecule has 0 unspecified atom stereocenters. The Labute approximate surface area is 242 Å². The molecule has 0 bridgehead atoms. The van der Waals surface area contributed by atoms with E-state index in [1.807, 2.05) is 60.8 Å². The van der Waals surface area contributed by atoms with E-state index in [-0.39, 0.29) is 11.6 Å². The lowest BCUT2D eigenvalue weighted by molar-refractivity contribution is -0.384. The molecule has 8 heteroatoms. The van der Waals surface area contributed by atoms with Gasteiger partial charge in [0, 0.05) is 58.3 Å². The van der Waals surface area contributed by atoms with Gasteiger partial charge in [0.1, 0.15) is 0 Å². The average molecular weight is 554 g/mol. The van der Waals surface area contributed by atoms with Gasteiger partial charge >= 0.3 is 0 Å². The van der Waals surface area contributed by atoms with Gasteiger partial charge in [0.2, 0.25) is 0 Å². The van der Waals surface area contributed by atoms with Crippen LogP contribution in [0.25, 0.3) is 27.8 Å². The van der Waals surface area contributed by atoms with Crippen LogP contribution < -0.4 is 5.43 Å². The topological polar surface area (TPSA) is 94.5 Å². The van der Waals surface area contributed by atoms with Crippen LogP contribution in [-0.2, 0) is 6.54 Å². The zero-order chi connectivity index (χ0) is 29.1. The van der Waals surface area contributed by atoms with Crippen molar-refractivity contribution in [1.82, 2.24) is 14.6 Å². The van der Waals surface area contributed by atoms with E-state index >= 15 is 0 Å². The van der Waals surface area contributed by atoms with Crippen molar-refractivity contribution in [3.63, 3.8) is 0 Å². The lowest BCUT2D eigenvalue weighted by Gasteiger charge is -2.12. The molecule has 0 spiro atoms. The first-order chi connectivity index (χ1) is 20.5. The number of nitrogens with zero attached hydrogens (tertiary/aromatic N) is 4. The summed E-state index contributed by atoms with van der Waals surface area (Å²) >= 11 is 0. The van der Waals surface area contributed by atoms with Gasteiger partial charge in [0.25, 0.3) is 11.6 Å². The Kier molecular flexibility index (Phi) is 7.17. The van der Waals surface area contributed by atoms with Crippen LogP contribution in [0.1, 0.15) is 27.2 Å². The van der Waals surface area contributed by atoms with Crippen LogP contribution in [-0.4, -0.2) is 26.2 Å². The van der Waals surface area contributed by atoms with Crippen LogP contribution in [0.5, 0.6) is 0 Å². The van der Waals surface area contributed by atoms with Gasteiger partial charge in [-0.2, -0.15) is 5.10 Å². The molecular weight excluding hydrogens is 526 g/mol. The number of carbonyl (C=O) groups is 1. The zero-order valence-corrected chi connectivity index (χ0v) is 22.8. The number of hydrogen-bond donors (Lipinski definition) is 1. The van der Waals surface area contributed by atoms with Crippen LogP contribution in [0.2, 0.25) is 0 Å². The van der Waals surface area contributed by atoms with Gasteiger partial charge in [0.15, 0.2) is 0 Å². The molecule has 1 N–H and O–H groups in total. The van der Waals surface area contributed by atoms with Crippen molar-refractivity contribution in [2.45, 2.75) is 13.5 Å². The number of non-ortho nitro benzene ring substituents is 1. The van der Waals surface area contributed by atoms with E-state index in [1.54, 1.807) is 30.5 Å². The number of nitro benzene ring substituents is 1. The predicted molar refractivity (Wildman–Crippen MR) is 165 cm³/mol. The van der Waals surface area contributed by atoms with Crippen molar-refractivity contribution < 1.29 is 9.72 Å². The number of hydrazone groups is 1. The molecule has 0 radical (unpaired) electrons. The molecule has 206 valence electrons. The van der Waals surface area contributed by atoms with Gasteiger partial charge in [-0.25, -0.2) is 5.43 Å². The van der Waals surface area contributed by atoms with Crippen LogP contribution in [0.4, 0.5) is 5.69 Å². The molecule has 2 aromatic heterocycles. The standard InChI is InChI=1S/C34H27N5O3/c1-24-11-20-32(26-7-3-2-4-8-26)38(24)29-18-14-27(15-19-29)34(40)36-35-21-28-23-37(33-10-6-5-9-31(28)33)22-25-12-16-30(17-13-25)39(41)42/h2-21,23H,22H2,1H3,(H,36,40)/b35-21+. The molecule has 0 aliphatic carbocycles. The van der Waals surface area contributed by atoms with Crippen molar-refractivity contribution in [3.8, 4) is 16.9 Å². The Bertz CT molecular complexity index is 1920. The molecule has 0 saturated carbocycles. The largest absolute Gasteiger partial charge is 0.342 e. The van der Waals surface area contributed by atoms with E-state index in [0.717, 1.165) is 44.7 Å². The number of fused-ring (bicyclic) bond motifs is 1. The minimum Gasteiger partial charge on any atom is -0.342 e. The molecule has 8 nitrogen and oxygen atoms in total. The molecule has 0 saturated heterocycles. The summed E-state index contributed by atoms with van der Waals surface area (Å²) in [7, 11) is 0. The first-order valence-corrected chi connectivity index (χ1v) is 13.5. The van der Waals surface area contributed by atoms with Crippen molar-refractivity contribution in [3.05, 3.63) is 154 Å². The average Bonchev–Trinajstić information content (AvgIpc) is 3.58. The predicted octanol–water partition coefficient (Wildman–Crippen LogP) is 7.13. The number of aromatic nitrogens is 2. The minimum absolute atomic E-state index is 0.0612. The first-order valence-electron chi connectivity index (χ1n) is 13.5. The highest BCUT2D eigenvalue weighted by molar-refractivity contribution is 6.00. The monoisotopic (exact) mass is 553 g/mol. The maximum absolute atomic E-state index is 12.9. The molecule has 6 aromatic rings. The lowest BCUT2D eigenvalue weighted by atomic mass is 10.1.